The Hall–Kier alpha value is -2.53. The van der Waals surface area contributed by atoms with E-state index in [2.05, 4.69) is 27.5 Å². The standard InChI is InChI=1S/C16H17N5/c17-11-10-13-6-4-5-9-15(13)12-21-19-16(18-20-21)14-7-2-1-3-8-14/h1-9H,10-12,17H2. The summed E-state index contributed by atoms with van der Waals surface area (Å²) in [6, 6.07) is 18.1. The molecule has 0 spiro atoms. The molecular formula is C16H17N5. The van der Waals surface area contributed by atoms with E-state index in [9.17, 15) is 0 Å². The normalized spacial score (nSPS) is 10.7. The van der Waals surface area contributed by atoms with Crippen LogP contribution < -0.4 is 5.73 Å². The molecule has 0 fully saturated rings. The fourth-order valence-electron chi connectivity index (χ4n) is 2.28. The highest BCUT2D eigenvalue weighted by Crippen LogP contribution is 2.14. The zero-order chi connectivity index (χ0) is 14.5. The van der Waals surface area contributed by atoms with Crippen molar-refractivity contribution >= 4 is 0 Å². The number of nitrogens with zero attached hydrogens (tertiary/aromatic N) is 4. The van der Waals surface area contributed by atoms with Crippen molar-refractivity contribution in [1.82, 2.24) is 20.2 Å². The number of rotatable bonds is 5. The van der Waals surface area contributed by atoms with Crippen LogP contribution in [-0.2, 0) is 13.0 Å². The van der Waals surface area contributed by atoms with Crippen molar-refractivity contribution in [3.05, 3.63) is 65.7 Å². The summed E-state index contributed by atoms with van der Waals surface area (Å²) in [5.74, 6) is 0.645. The Kier molecular flexibility index (Phi) is 4.02. The van der Waals surface area contributed by atoms with Crippen LogP contribution in [0.25, 0.3) is 11.4 Å². The molecule has 0 amide bonds. The smallest absolute Gasteiger partial charge is 0.204 e. The highest BCUT2D eigenvalue weighted by atomic mass is 15.6. The van der Waals surface area contributed by atoms with E-state index >= 15 is 0 Å². The van der Waals surface area contributed by atoms with E-state index in [0.29, 0.717) is 18.9 Å². The van der Waals surface area contributed by atoms with Gasteiger partial charge in [0.05, 0.1) is 6.54 Å². The van der Waals surface area contributed by atoms with Crippen molar-refractivity contribution in [3.8, 4) is 11.4 Å². The Bertz CT molecular complexity index is 705. The lowest BCUT2D eigenvalue weighted by molar-refractivity contribution is 0.570. The quantitative estimate of drug-likeness (QED) is 0.774. The van der Waals surface area contributed by atoms with Crippen LogP contribution in [0, 0.1) is 0 Å². The molecule has 5 nitrogen and oxygen atoms in total. The van der Waals surface area contributed by atoms with Crippen molar-refractivity contribution in [2.45, 2.75) is 13.0 Å². The molecule has 106 valence electrons. The van der Waals surface area contributed by atoms with E-state index in [0.717, 1.165) is 12.0 Å². The van der Waals surface area contributed by atoms with Crippen molar-refractivity contribution in [2.75, 3.05) is 6.54 Å². The van der Waals surface area contributed by atoms with E-state index in [1.54, 1.807) is 4.80 Å². The average molecular weight is 279 g/mol. The van der Waals surface area contributed by atoms with Gasteiger partial charge in [0.25, 0.3) is 0 Å². The summed E-state index contributed by atoms with van der Waals surface area (Å²) in [7, 11) is 0. The Labute approximate surface area is 123 Å². The van der Waals surface area contributed by atoms with Gasteiger partial charge in [0.1, 0.15) is 0 Å². The lowest BCUT2D eigenvalue weighted by Gasteiger charge is -2.07. The molecule has 0 radical (unpaired) electrons. The van der Waals surface area contributed by atoms with E-state index in [-0.39, 0.29) is 0 Å². The van der Waals surface area contributed by atoms with Gasteiger partial charge in [-0.05, 0) is 29.3 Å². The number of aromatic nitrogens is 4. The molecule has 0 atom stereocenters. The second-order valence-electron chi connectivity index (χ2n) is 4.82. The minimum absolute atomic E-state index is 0.607. The van der Waals surface area contributed by atoms with Crippen molar-refractivity contribution < 1.29 is 0 Å². The highest BCUT2D eigenvalue weighted by molar-refractivity contribution is 5.52. The first kappa shape index (κ1) is 13.5. The van der Waals surface area contributed by atoms with Gasteiger partial charge < -0.3 is 5.73 Å². The molecule has 5 heteroatoms. The third-order valence-electron chi connectivity index (χ3n) is 3.33. The van der Waals surface area contributed by atoms with Gasteiger partial charge in [-0.3, -0.25) is 0 Å². The van der Waals surface area contributed by atoms with Crippen molar-refractivity contribution in [2.24, 2.45) is 5.73 Å². The first-order valence-corrected chi connectivity index (χ1v) is 6.97. The van der Waals surface area contributed by atoms with Gasteiger partial charge >= 0.3 is 0 Å². The lowest BCUT2D eigenvalue weighted by Crippen LogP contribution is -2.09. The predicted octanol–water partition coefficient (Wildman–Crippen LogP) is 1.89. The fourth-order valence-corrected chi connectivity index (χ4v) is 2.28. The van der Waals surface area contributed by atoms with Crippen LogP contribution in [0.3, 0.4) is 0 Å². The molecule has 0 saturated heterocycles. The number of hydrogen-bond acceptors (Lipinski definition) is 4. The van der Waals surface area contributed by atoms with Crippen LogP contribution in [0.5, 0.6) is 0 Å². The first-order chi connectivity index (χ1) is 10.4. The van der Waals surface area contributed by atoms with Gasteiger partial charge in [-0.25, -0.2) is 0 Å². The average Bonchev–Trinajstić information content (AvgIpc) is 2.99. The molecular weight excluding hydrogens is 262 g/mol. The van der Waals surface area contributed by atoms with Gasteiger partial charge in [-0.2, -0.15) is 4.80 Å². The molecule has 0 aliphatic heterocycles. The van der Waals surface area contributed by atoms with Crippen LogP contribution in [0.4, 0.5) is 0 Å². The van der Waals surface area contributed by atoms with Crippen LogP contribution >= 0.6 is 0 Å². The Balaban J connectivity index is 1.82. The topological polar surface area (TPSA) is 69.6 Å². The summed E-state index contributed by atoms with van der Waals surface area (Å²) in [5, 5.41) is 12.7. The molecule has 0 saturated carbocycles. The summed E-state index contributed by atoms with van der Waals surface area (Å²) in [4.78, 5) is 1.62. The maximum atomic E-state index is 5.65. The second kappa shape index (κ2) is 6.28. The van der Waals surface area contributed by atoms with Crippen LogP contribution in [0.1, 0.15) is 11.1 Å². The fraction of sp³-hybridized carbons (Fsp3) is 0.188. The number of tetrazole rings is 1. The van der Waals surface area contributed by atoms with Gasteiger partial charge in [-0.1, -0.05) is 54.6 Å². The monoisotopic (exact) mass is 279 g/mol. The summed E-state index contributed by atoms with van der Waals surface area (Å²) in [6.07, 6.45) is 0.858. The molecule has 0 unspecified atom stereocenters. The predicted molar refractivity (Wildman–Crippen MR) is 81.6 cm³/mol. The third kappa shape index (κ3) is 3.14. The number of nitrogens with two attached hydrogens (primary N) is 1. The summed E-state index contributed by atoms with van der Waals surface area (Å²) in [5.41, 5.74) is 9.04. The molecule has 0 aliphatic rings. The summed E-state index contributed by atoms with van der Waals surface area (Å²) < 4.78 is 0. The SMILES string of the molecule is NCCc1ccccc1Cn1nnc(-c2ccccc2)n1. The van der Waals surface area contributed by atoms with Crippen LogP contribution in [-0.4, -0.2) is 26.8 Å². The molecule has 0 bridgehead atoms. The lowest BCUT2D eigenvalue weighted by atomic mass is 10.1. The van der Waals surface area contributed by atoms with Crippen molar-refractivity contribution in [1.29, 1.82) is 0 Å². The van der Waals surface area contributed by atoms with Gasteiger partial charge in [-0.15, -0.1) is 10.2 Å². The van der Waals surface area contributed by atoms with Crippen molar-refractivity contribution in [3.63, 3.8) is 0 Å². The first-order valence-electron chi connectivity index (χ1n) is 6.97. The van der Waals surface area contributed by atoms with E-state index < -0.39 is 0 Å². The molecule has 21 heavy (non-hydrogen) atoms. The molecule has 0 aliphatic carbocycles. The van der Waals surface area contributed by atoms with Crippen LogP contribution in [0.2, 0.25) is 0 Å². The zero-order valence-electron chi connectivity index (χ0n) is 11.7. The maximum absolute atomic E-state index is 5.65. The highest BCUT2D eigenvalue weighted by Gasteiger charge is 2.07. The summed E-state index contributed by atoms with van der Waals surface area (Å²) >= 11 is 0. The zero-order valence-corrected chi connectivity index (χ0v) is 11.7. The number of hydrogen-bond donors (Lipinski definition) is 1. The minimum Gasteiger partial charge on any atom is -0.330 e. The van der Waals surface area contributed by atoms with E-state index in [4.69, 9.17) is 5.73 Å². The van der Waals surface area contributed by atoms with Gasteiger partial charge in [0.15, 0.2) is 0 Å². The third-order valence-corrected chi connectivity index (χ3v) is 3.33. The Morgan fingerprint density at radius 1 is 0.905 bits per heavy atom. The largest absolute Gasteiger partial charge is 0.330 e. The summed E-state index contributed by atoms with van der Waals surface area (Å²) in [6.45, 7) is 1.24. The molecule has 3 aromatic rings. The second-order valence-corrected chi connectivity index (χ2v) is 4.82. The van der Waals surface area contributed by atoms with E-state index in [1.165, 1.54) is 11.1 Å². The molecule has 1 heterocycles. The Morgan fingerprint density at radius 3 is 2.38 bits per heavy atom. The maximum Gasteiger partial charge on any atom is 0.204 e. The number of benzene rings is 2. The minimum atomic E-state index is 0.607. The Morgan fingerprint density at radius 2 is 1.62 bits per heavy atom. The van der Waals surface area contributed by atoms with Crippen LogP contribution in [0.15, 0.2) is 54.6 Å². The molecule has 3 rings (SSSR count). The van der Waals surface area contributed by atoms with Gasteiger partial charge in [0, 0.05) is 5.56 Å². The van der Waals surface area contributed by atoms with E-state index in [1.807, 2.05) is 42.5 Å². The molecule has 2 N–H and O–H groups in total. The van der Waals surface area contributed by atoms with Gasteiger partial charge in [0.2, 0.25) is 5.82 Å². The molecule has 2 aromatic carbocycles. The molecule has 1 aromatic heterocycles.